The zero-order chi connectivity index (χ0) is 38.5. The second-order valence-corrected chi connectivity index (χ2v) is 16.3. The maximum absolute atomic E-state index is 13.4. The third-order valence-electron chi connectivity index (χ3n) is 10.4. The maximum Gasteiger partial charge on any atom is 0.227 e. The highest BCUT2D eigenvalue weighted by Crippen LogP contribution is 2.42. The van der Waals surface area contributed by atoms with Crippen LogP contribution in [-0.2, 0) is 25.2 Å². The lowest BCUT2D eigenvalue weighted by Gasteiger charge is -2.36. The summed E-state index contributed by atoms with van der Waals surface area (Å²) >= 11 is 0. The van der Waals surface area contributed by atoms with Gasteiger partial charge in [0.25, 0.3) is 0 Å². The Labute approximate surface area is 317 Å². The maximum atomic E-state index is 13.4. The van der Waals surface area contributed by atoms with Gasteiger partial charge in [-0.2, -0.15) is 0 Å². The second-order valence-electron chi connectivity index (χ2n) is 16.3. The SMILES string of the molecule is C=C/C(=C\C=C\c1ccc(-c2cc(C(C)(C)C)cc(C(C)(C)C)c2)nc1)c1cc(N2CCCCC2=O)c(N2CCCCC2=O)cc1N(CC)C(=O)CC. The van der Waals surface area contributed by atoms with Crippen LogP contribution in [-0.4, -0.2) is 42.3 Å². The standard InChI is InChI=1S/C46H58N4O3/c1-10-33(19-17-18-32-22-23-38(47-31-32)34-26-35(45(4,5)6)28-36(27-34)46(7,8)9)37-29-40(49-24-15-13-20-43(49)52)41(50-25-16-14-21-44(50)53)30-39(37)48(12-3)42(51)11-2/h10,17-19,22-23,26-31H,1,11-16,20-21,24-25H2,2-9H3/b18-17+,33-19+. The third-order valence-corrected chi connectivity index (χ3v) is 10.4. The Balaban J connectivity index is 1.56. The molecule has 3 aromatic rings. The van der Waals surface area contributed by atoms with Crippen LogP contribution in [0.25, 0.3) is 22.9 Å². The van der Waals surface area contributed by atoms with Crippen molar-refractivity contribution in [3.63, 3.8) is 0 Å². The molecule has 0 spiro atoms. The van der Waals surface area contributed by atoms with Gasteiger partial charge in [-0.05, 0) is 96.0 Å². The van der Waals surface area contributed by atoms with Crippen LogP contribution in [0.5, 0.6) is 0 Å². The summed E-state index contributed by atoms with van der Waals surface area (Å²) in [6.07, 6.45) is 14.4. The lowest BCUT2D eigenvalue weighted by Crippen LogP contribution is -2.40. The van der Waals surface area contributed by atoms with Crippen molar-refractivity contribution in [1.29, 1.82) is 0 Å². The topological polar surface area (TPSA) is 73.8 Å². The molecule has 280 valence electrons. The molecule has 7 heteroatoms. The predicted molar refractivity (Wildman–Crippen MR) is 221 cm³/mol. The summed E-state index contributed by atoms with van der Waals surface area (Å²) in [6, 6.07) is 14.9. The van der Waals surface area contributed by atoms with Crippen LogP contribution in [0.15, 0.2) is 73.5 Å². The zero-order valence-electron chi connectivity index (χ0n) is 33.2. The number of pyridine rings is 1. The van der Waals surface area contributed by atoms with E-state index in [1.54, 1.807) is 11.0 Å². The number of nitrogens with zero attached hydrogens (tertiary/aromatic N) is 4. The van der Waals surface area contributed by atoms with Gasteiger partial charge < -0.3 is 14.7 Å². The van der Waals surface area contributed by atoms with E-state index >= 15 is 0 Å². The zero-order valence-corrected chi connectivity index (χ0v) is 33.2. The van der Waals surface area contributed by atoms with E-state index in [-0.39, 0.29) is 28.6 Å². The molecule has 53 heavy (non-hydrogen) atoms. The molecule has 2 aliphatic heterocycles. The van der Waals surface area contributed by atoms with Crippen molar-refractivity contribution in [3.05, 3.63) is 95.7 Å². The van der Waals surface area contributed by atoms with Crippen LogP contribution >= 0.6 is 0 Å². The Morgan fingerprint density at radius 2 is 1.42 bits per heavy atom. The number of amides is 3. The van der Waals surface area contributed by atoms with Crippen LogP contribution < -0.4 is 14.7 Å². The first-order chi connectivity index (χ1) is 25.2. The lowest BCUT2D eigenvalue weighted by molar-refractivity contribution is -0.120. The van der Waals surface area contributed by atoms with Gasteiger partial charge in [0.05, 0.1) is 22.8 Å². The van der Waals surface area contributed by atoms with Crippen LogP contribution in [0, 0.1) is 0 Å². The summed E-state index contributed by atoms with van der Waals surface area (Å²) in [4.78, 5) is 50.3. The van der Waals surface area contributed by atoms with Gasteiger partial charge in [0.1, 0.15) is 0 Å². The van der Waals surface area contributed by atoms with Crippen LogP contribution in [0.1, 0.15) is 123 Å². The Hall–Kier alpha value is -4.78. The van der Waals surface area contributed by atoms with Gasteiger partial charge in [0, 0.05) is 56.2 Å². The average molecular weight is 715 g/mol. The predicted octanol–water partition coefficient (Wildman–Crippen LogP) is 10.4. The monoisotopic (exact) mass is 714 g/mol. The number of rotatable bonds is 10. The van der Waals surface area contributed by atoms with Crippen molar-refractivity contribution >= 4 is 46.4 Å². The molecule has 0 atom stereocenters. The molecule has 2 fully saturated rings. The molecule has 5 rings (SSSR count). The molecule has 1 aromatic heterocycles. The van der Waals surface area contributed by atoms with Gasteiger partial charge in [0.2, 0.25) is 17.7 Å². The van der Waals surface area contributed by atoms with Gasteiger partial charge in [-0.25, -0.2) is 0 Å². The summed E-state index contributed by atoms with van der Waals surface area (Å²) in [5.74, 6) is 0.0840. The first-order valence-corrected chi connectivity index (χ1v) is 19.4. The molecule has 0 unspecified atom stereocenters. The lowest BCUT2D eigenvalue weighted by atomic mass is 9.79. The van der Waals surface area contributed by atoms with Crippen molar-refractivity contribution in [2.45, 2.75) is 111 Å². The molecule has 0 radical (unpaired) electrons. The summed E-state index contributed by atoms with van der Waals surface area (Å²) in [7, 11) is 0. The fourth-order valence-electron chi connectivity index (χ4n) is 7.09. The number of carbonyl (C=O) groups is 3. The molecule has 3 heterocycles. The second kappa shape index (κ2) is 16.5. The van der Waals surface area contributed by atoms with Crippen LogP contribution in [0.4, 0.5) is 17.1 Å². The number of aromatic nitrogens is 1. The summed E-state index contributed by atoms with van der Waals surface area (Å²) < 4.78 is 0. The number of carbonyl (C=O) groups excluding carboxylic acids is 3. The molecular weight excluding hydrogens is 657 g/mol. The minimum absolute atomic E-state index is 0.0146. The smallest absolute Gasteiger partial charge is 0.227 e. The van der Waals surface area contributed by atoms with Crippen LogP contribution in [0.3, 0.4) is 0 Å². The quantitative estimate of drug-likeness (QED) is 0.196. The van der Waals surface area contributed by atoms with E-state index in [2.05, 4.69) is 78.5 Å². The van der Waals surface area contributed by atoms with Gasteiger partial charge in [-0.3, -0.25) is 19.4 Å². The molecule has 2 aromatic carbocycles. The molecule has 0 bridgehead atoms. The number of hydrogen-bond donors (Lipinski definition) is 0. The fraction of sp³-hybridized carbons (Fsp3) is 0.435. The van der Waals surface area contributed by atoms with Gasteiger partial charge >= 0.3 is 0 Å². The molecule has 0 N–H and O–H groups in total. The minimum atomic E-state index is -0.0146. The first kappa shape index (κ1) is 39.4. The van der Waals surface area contributed by atoms with Crippen molar-refractivity contribution in [2.75, 3.05) is 34.3 Å². The molecule has 3 amide bonds. The number of piperidine rings is 2. The molecule has 7 nitrogen and oxygen atoms in total. The van der Waals surface area contributed by atoms with E-state index < -0.39 is 0 Å². The highest BCUT2D eigenvalue weighted by atomic mass is 16.2. The Morgan fingerprint density at radius 1 is 0.830 bits per heavy atom. The number of benzene rings is 2. The Bertz CT molecular complexity index is 1870. The molecule has 0 saturated carbocycles. The van der Waals surface area contributed by atoms with Gasteiger partial charge in [-0.1, -0.05) is 91.5 Å². The van der Waals surface area contributed by atoms with E-state index in [0.717, 1.165) is 53.6 Å². The fourth-order valence-corrected chi connectivity index (χ4v) is 7.09. The van der Waals surface area contributed by atoms with Crippen LogP contribution in [0.2, 0.25) is 0 Å². The largest absolute Gasteiger partial charge is 0.312 e. The highest BCUT2D eigenvalue weighted by Gasteiger charge is 2.31. The Morgan fingerprint density at radius 3 is 1.89 bits per heavy atom. The third kappa shape index (κ3) is 9.06. The number of anilines is 3. The number of hydrogen-bond acceptors (Lipinski definition) is 4. The van der Waals surface area contributed by atoms with E-state index in [9.17, 15) is 14.4 Å². The van der Waals surface area contributed by atoms with Gasteiger partial charge in [0.15, 0.2) is 0 Å². The van der Waals surface area contributed by atoms with E-state index in [0.29, 0.717) is 56.0 Å². The van der Waals surface area contributed by atoms with Gasteiger partial charge in [-0.15, -0.1) is 0 Å². The summed E-state index contributed by atoms with van der Waals surface area (Å²) in [6.45, 7) is 23.1. The average Bonchev–Trinajstić information content (AvgIpc) is 3.13. The first-order valence-electron chi connectivity index (χ1n) is 19.4. The molecule has 2 saturated heterocycles. The minimum Gasteiger partial charge on any atom is -0.312 e. The highest BCUT2D eigenvalue weighted by molar-refractivity contribution is 6.07. The summed E-state index contributed by atoms with van der Waals surface area (Å²) in [5, 5.41) is 0. The molecular formula is C46H58N4O3. The summed E-state index contributed by atoms with van der Waals surface area (Å²) in [5.41, 5.74) is 9.31. The van der Waals surface area contributed by atoms with E-state index in [1.165, 1.54) is 11.1 Å². The van der Waals surface area contributed by atoms with Crippen molar-refractivity contribution in [3.8, 4) is 11.3 Å². The van der Waals surface area contributed by atoms with E-state index in [1.807, 2.05) is 60.2 Å². The van der Waals surface area contributed by atoms with Crippen molar-refractivity contribution < 1.29 is 14.4 Å². The number of allylic oxidation sites excluding steroid dienone is 4. The Kier molecular flexibility index (Phi) is 12.3. The normalized spacial score (nSPS) is 16.0. The molecule has 0 aliphatic carbocycles. The van der Waals surface area contributed by atoms with Crippen molar-refractivity contribution in [2.24, 2.45) is 0 Å². The molecule has 2 aliphatic rings. The van der Waals surface area contributed by atoms with E-state index in [4.69, 9.17) is 4.98 Å². The van der Waals surface area contributed by atoms with Crippen molar-refractivity contribution in [1.82, 2.24) is 4.98 Å².